The molecule has 2 rings (SSSR count). The summed E-state index contributed by atoms with van der Waals surface area (Å²) < 4.78 is 5.71. The van der Waals surface area contributed by atoms with Gasteiger partial charge in [0, 0.05) is 6.08 Å². The van der Waals surface area contributed by atoms with E-state index in [1.807, 2.05) is 0 Å². The van der Waals surface area contributed by atoms with Gasteiger partial charge >= 0.3 is 11.9 Å². The molecule has 1 aliphatic rings. The van der Waals surface area contributed by atoms with Crippen molar-refractivity contribution in [3.05, 3.63) is 27.5 Å². The number of rotatable bonds is 5. The van der Waals surface area contributed by atoms with Crippen molar-refractivity contribution >= 4 is 68.2 Å². The summed E-state index contributed by atoms with van der Waals surface area (Å²) in [5.41, 5.74) is 0. The number of amides is 1. The van der Waals surface area contributed by atoms with E-state index in [2.05, 4.69) is 15.9 Å². The molecule has 0 aliphatic carbocycles. The number of carbonyl (C=O) groups excluding carboxylic acids is 1. The van der Waals surface area contributed by atoms with E-state index in [1.165, 1.54) is 6.08 Å². The van der Waals surface area contributed by atoms with E-state index in [0.717, 1.165) is 16.7 Å². The van der Waals surface area contributed by atoms with E-state index >= 15 is 0 Å². The molecular weight excluding hydrogens is 398 g/mol. The quantitative estimate of drug-likeness (QED) is 0.566. The van der Waals surface area contributed by atoms with Gasteiger partial charge in [0.1, 0.15) is 16.1 Å². The minimum Gasteiger partial charge on any atom is -0.481 e. The summed E-state index contributed by atoms with van der Waals surface area (Å²) >= 11 is 9.01. The van der Waals surface area contributed by atoms with Crippen LogP contribution in [0.25, 0.3) is 6.08 Å². The number of halogens is 1. The monoisotopic (exact) mass is 405 g/mol. The molecule has 22 heavy (non-hydrogen) atoms. The number of hydrogen-bond donors (Lipinski definition) is 2. The second kappa shape index (κ2) is 6.63. The first-order chi connectivity index (χ1) is 10.3. The first kappa shape index (κ1) is 16.7. The van der Waals surface area contributed by atoms with E-state index in [0.29, 0.717) is 10.4 Å². The van der Waals surface area contributed by atoms with Gasteiger partial charge in [-0.15, -0.1) is 0 Å². The number of thioether (sulfide) groups is 1. The Hall–Kier alpha value is -1.65. The highest BCUT2D eigenvalue weighted by Crippen LogP contribution is 2.35. The van der Waals surface area contributed by atoms with E-state index < -0.39 is 30.3 Å². The number of thiocarbonyl (C=S) groups is 1. The molecule has 116 valence electrons. The molecule has 1 aromatic rings. The van der Waals surface area contributed by atoms with E-state index in [4.69, 9.17) is 26.8 Å². The minimum atomic E-state index is -1.54. The molecule has 7 nitrogen and oxygen atoms in total. The van der Waals surface area contributed by atoms with Crippen molar-refractivity contribution in [2.45, 2.75) is 12.5 Å². The molecule has 1 aromatic heterocycles. The number of furan rings is 1. The summed E-state index contributed by atoms with van der Waals surface area (Å²) in [7, 11) is 0. The number of hydrogen-bond acceptors (Lipinski definition) is 6. The zero-order chi connectivity index (χ0) is 16.4. The Morgan fingerprint density at radius 2 is 2.14 bits per heavy atom. The van der Waals surface area contributed by atoms with Crippen molar-refractivity contribution in [1.82, 2.24) is 4.90 Å². The van der Waals surface area contributed by atoms with Gasteiger partial charge in [-0.1, -0.05) is 24.0 Å². The Bertz CT molecular complexity index is 698. The molecule has 2 N–H and O–H groups in total. The Morgan fingerprint density at radius 3 is 2.64 bits per heavy atom. The molecule has 10 heteroatoms. The fourth-order valence-electron chi connectivity index (χ4n) is 1.74. The summed E-state index contributed by atoms with van der Waals surface area (Å²) in [5, 5.41) is 17.9. The smallest absolute Gasteiger partial charge is 0.327 e. The Kier molecular flexibility index (Phi) is 5.04. The van der Waals surface area contributed by atoms with E-state index in [9.17, 15) is 14.4 Å². The summed E-state index contributed by atoms with van der Waals surface area (Å²) in [6.07, 6.45) is 0.686. The van der Waals surface area contributed by atoms with Gasteiger partial charge in [-0.2, -0.15) is 0 Å². The number of carboxylic acid groups (broad SMARTS) is 2. The van der Waals surface area contributed by atoms with Crippen LogP contribution in [0.5, 0.6) is 0 Å². The molecule has 1 aliphatic heterocycles. The highest BCUT2D eigenvalue weighted by atomic mass is 79.9. The van der Waals surface area contributed by atoms with Crippen LogP contribution < -0.4 is 0 Å². The highest BCUT2D eigenvalue weighted by Gasteiger charge is 2.41. The van der Waals surface area contributed by atoms with Gasteiger partial charge in [0.15, 0.2) is 4.67 Å². The number of nitrogens with zero attached hydrogens (tertiary/aromatic N) is 1. The van der Waals surface area contributed by atoms with Crippen LogP contribution in [0.2, 0.25) is 0 Å². The molecule has 1 saturated heterocycles. The number of carbonyl (C=O) groups is 3. The summed E-state index contributed by atoms with van der Waals surface area (Å²) in [6.45, 7) is 0. The number of carboxylic acids is 2. The molecule has 0 bridgehead atoms. The maximum absolute atomic E-state index is 12.3. The molecule has 0 spiro atoms. The summed E-state index contributed by atoms with van der Waals surface area (Å²) in [4.78, 5) is 35.3. The lowest BCUT2D eigenvalue weighted by Gasteiger charge is -2.21. The molecule has 1 fully saturated rings. The molecule has 1 atom stereocenters. The second-order valence-electron chi connectivity index (χ2n) is 4.15. The van der Waals surface area contributed by atoms with Gasteiger partial charge < -0.3 is 14.6 Å². The van der Waals surface area contributed by atoms with E-state index in [-0.39, 0.29) is 9.23 Å². The normalized spacial score (nSPS) is 18.0. The van der Waals surface area contributed by atoms with Crippen molar-refractivity contribution in [3.63, 3.8) is 0 Å². The molecule has 0 unspecified atom stereocenters. The molecule has 2 heterocycles. The Balaban J connectivity index is 2.29. The van der Waals surface area contributed by atoms with Crippen LogP contribution >= 0.6 is 39.9 Å². The van der Waals surface area contributed by atoms with Crippen molar-refractivity contribution in [3.8, 4) is 0 Å². The first-order valence-corrected chi connectivity index (χ1v) is 7.78. The Morgan fingerprint density at radius 1 is 1.45 bits per heavy atom. The molecule has 0 aromatic carbocycles. The molecular formula is C12H8BrNO6S2. The molecule has 0 radical (unpaired) electrons. The minimum absolute atomic E-state index is 0.00415. The third-order valence-electron chi connectivity index (χ3n) is 2.66. The maximum Gasteiger partial charge on any atom is 0.327 e. The van der Waals surface area contributed by atoms with Crippen LogP contribution in [0.15, 0.2) is 26.1 Å². The van der Waals surface area contributed by atoms with Crippen LogP contribution in [0, 0.1) is 0 Å². The summed E-state index contributed by atoms with van der Waals surface area (Å²) in [6, 6.07) is 1.71. The second-order valence-corrected chi connectivity index (χ2v) is 6.60. The topological polar surface area (TPSA) is 108 Å². The third kappa shape index (κ3) is 3.57. The van der Waals surface area contributed by atoms with Crippen molar-refractivity contribution in [1.29, 1.82) is 0 Å². The average molecular weight is 406 g/mol. The SMILES string of the molecule is O=C(O)C[C@H](C(=O)O)N1C(=O)/C(=C\c2ccc(Br)o2)SC1=S. The largest absolute Gasteiger partial charge is 0.481 e. The zero-order valence-corrected chi connectivity index (χ0v) is 13.9. The van der Waals surface area contributed by atoms with Gasteiger partial charge in [0.2, 0.25) is 0 Å². The van der Waals surface area contributed by atoms with Crippen molar-refractivity contribution in [2.75, 3.05) is 0 Å². The summed E-state index contributed by atoms with van der Waals surface area (Å²) in [5.74, 6) is -3.03. The van der Waals surface area contributed by atoms with Crippen molar-refractivity contribution in [2.24, 2.45) is 0 Å². The lowest BCUT2D eigenvalue weighted by molar-refractivity contribution is -0.150. The maximum atomic E-state index is 12.3. The highest BCUT2D eigenvalue weighted by molar-refractivity contribution is 9.10. The Labute approximate surface area is 142 Å². The first-order valence-electron chi connectivity index (χ1n) is 5.76. The fraction of sp³-hybridized carbons (Fsp3) is 0.167. The van der Waals surface area contributed by atoms with Crippen LogP contribution in [-0.2, 0) is 14.4 Å². The van der Waals surface area contributed by atoms with Crippen LogP contribution in [0.3, 0.4) is 0 Å². The van der Waals surface area contributed by atoms with Gasteiger partial charge in [-0.3, -0.25) is 14.5 Å². The third-order valence-corrected chi connectivity index (χ3v) is 4.41. The lowest BCUT2D eigenvalue weighted by atomic mass is 10.2. The molecule has 1 amide bonds. The van der Waals surface area contributed by atoms with Crippen molar-refractivity contribution < 1.29 is 29.0 Å². The van der Waals surface area contributed by atoms with Gasteiger partial charge in [-0.25, -0.2) is 4.79 Å². The zero-order valence-electron chi connectivity index (χ0n) is 10.7. The van der Waals surface area contributed by atoms with Gasteiger partial charge in [0.05, 0.1) is 11.3 Å². The van der Waals surface area contributed by atoms with E-state index in [1.54, 1.807) is 12.1 Å². The predicted octanol–water partition coefficient (Wildman–Crippen LogP) is 2.17. The van der Waals surface area contributed by atoms with Gasteiger partial charge in [-0.05, 0) is 28.1 Å². The standard InChI is InChI=1S/C12H8BrNO6S2/c13-8-2-1-5(20-8)3-7-10(17)14(12(21)22-7)6(11(18)19)4-9(15)16/h1-3,6H,4H2,(H,15,16)(H,18,19)/b7-3+/t6-/m1/s1. The van der Waals surface area contributed by atoms with Gasteiger partial charge in [0.25, 0.3) is 5.91 Å². The number of aliphatic carboxylic acids is 2. The predicted molar refractivity (Wildman–Crippen MR) is 85.1 cm³/mol. The average Bonchev–Trinajstić information content (AvgIpc) is 2.92. The van der Waals surface area contributed by atoms with Crippen LogP contribution in [-0.4, -0.2) is 43.3 Å². The fourth-order valence-corrected chi connectivity index (χ4v) is 3.39. The van der Waals surface area contributed by atoms with Crippen LogP contribution in [0.4, 0.5) is 0 Å². The lowest BCUT2D eigenvalue weighted by Crippen LogP contribution is -2.45. The van der Waals surface area contributed by atoms with Crippen LogP contribution in [0.1, 0.15) is 12.2 Å². The molecule has 0 saturated carbocycles.